The van der Waals surface area contributed by atoms with E-state index in [-0.39, 0.29) is 64.3 Å². The molecular formula is H5F2NaSn. The minimum absolute atomic E-state index is 0. The molecule has 0 N–H and O–H groups in total. The van der Waals surface area contributed by atoms with Crippen LogP contribution in [0.4, 0.5) is 9.41 Å². The summed E-state index contributed by atoms with van der Waals surface area (Å²) in [7, 11) is 0. The fraction of sp³-hybridized carbons (Fsp3) is 0. The van der Waals surface area contributed by atoms with Gasteiger partial charge >= 0.3 is 53.5 Å². The van der Waals surface area contributed by atoms with Crippen LogP contribution in [0.5, 0.6) is 0 Å². The minimum atomic E-state index is 0. The molecule has 0 aromatic heterocycles. The van der Waals surface area contributed by atoms with Gasteiger partial charge in [0.15, 0.2) is 0 Å². The molecule has 0 aliphatic heterocycles. The molecule has 0 unspecified atom stereocenters. The Morgan fingerprint density at radius 3 is 1.00 bits per heavy atom. The summed E-state index contributed by atoms with van der Waals surface area (Å²) in [6, 6.07) is 0. The van der Waals surface area contributed by atoms with E-state index in [1.807, 2.05) is 0 Å². The van der Waals surface area contributed by atoms with Crippen LogP contribution in [0, 0.1) is 0 Å². The standard InChI is InChI=1S/2FH.Na.Sn.3H/h2*1H;;;;;/q;;+1;;;;-1. The topological polar surface area (TPSA) is 0 Å². The molecule has 0 aromatic carbocycles. The van der Waals surface area contributed by atoms with Crippen molar-refractivity contribution in [2.75, 3.05) is 0 Å². The Kier molecular flexibility index (Phi) is 253. The van der Waals surface area contributed by atoms with Gasteiger partial charge in [0, 0.05) is 0 Å². The van der Waals surface area contributed by atoms with Crippen LogP contribution in [0.25, 0.3) is 0 Å². The maximum atomic E-state index is 0. The first kappa shape index (κ1) is 44.6. The Hall–Kier alpha value is 1.66. The van der Waals surface area contributed by atoms with Gasteiger partial charge in [0.05, 0.1) is 0 Å². The molecule has 4 heteroatoms. The third-order valence-electron chi connectivity index (χ3n) is 0. The zero-order valence-corrected chi connectivity index (χ0v) is 8.56. The van der Waals surface area contributed by atoms with E-state index >= 15 is 0 Å². The molecule has 0 amide bonds. The molecule has 0 nitrogen and oxygen atoms in total. The molecule has 0 aromatic rings. The Morgan fingerprint density at radius 2 is 1.00 bits per heavy atom. The first-order chi connectivity index (χ1) is 0. The molecule has 0 aliphatic carbocycles. The Balaban J connectivity index is 0. The monoisotopic (exact) mass is 186 g/mol. The van der Waals surface area contributed by atoms with Crippen LogP contribution in [0.3, 0.4) is 0 Å². The molecule has 0 rings (SSSR count). The van der Waals surface area contributed by atoms with Crippen molar-refractivity contribution in [2.45, 2.75) is 0 Å². The molecule has 0 atom stereocenters. The van der Waals surface area contributed by atoms with E-state index in [4.69, 9.17) is 0 Å². The third-order valence-corrected chi connectivity index (χ3v) is 0. The quantitative estimate of drug-likeness (QED) is 0.343. The molecule has 24 valence electrons. The van der Waals surface area contributed by atoms with Crippen LogP contribution >= 0.6 is 0 Å². The second-order valence-electron chi connectivity index (χ2n) is 0. The third kappa shape index (κ3) is 9.40. The second kappa shape index (κ2) is 22.7. The SMILES string of the molecule is F.F.[H-].[Na+].[SnH2]. The van der Waals surface area contributed by atoms with Crippen LogP contribution < -0.4 is 29.6 Å². The molecule has 4 heavy (non-hydrogen) atoms. The van der Waals surface area contributed by atoms with E-state index in [2.05, 4.69) is 0 Å². The van der Waals surface area contributed by atoms with Gasteiger partial charge in [-0.2, -0.15) is 0 Å². The molecule has 2 radical (unpaired) electrons. The first-order valence-corrected chi connectivity index (χ1v) is 0. The van der Waals surface area contributed by atoms with E-state index in [9.17, 15) is 0 Å². The summed E-state index contributed by atoms with van der Waals surface area (Å²) in [5.74, 6) is 0. The van der Waals surface area contributed by atoms with Gasteiger partial charge in [0.1, 0.15) is 0 Å². The van der Waals surface area contributed by atoms with Gasteiger partial charge in [-0.3, -0.25) is 9.41 Å². The maximum absolute atomic E-state index is 0. The summed E-state index contributed by atoms with van der Waals surface area (Å²) < 4.78 is 0. The summed E-state index contributed by atoms with van der Waals surface area (Å²) in [6.45, 7) is 0. The van der Waals surface area contributed by atoms with E-state index < -0.39 is 0 Å². The Morgan fingerprint density at radius 1 is 1.00 bits per heavy atom. The van der Waals surface area contributed by atoms with Gasteiger partial charge in [-0.05, 0) is 0 Å². The van der Waals surface area contributed by atoms with Gasteiger partial charge < -0.3 is 1.43 Å². The van der Waals surface area contributed by atoms with Crippen molar-refractivity contribution in [2.24, 2.45) is 0 Å². The Labute approximate surface area is 63.8 Å². The number of hydrogen-bond acceptors (Lipinski definition) is 0. The van der Waals surface area contributed by atoms with Crippen molar-refractivity contribution in [3.8, 4) is 0 Å². The van der Waals surface area contributed by atoms with Crippen molar-refractivity contribution in [1.29, 1.82) is 0 Å². The summed E-state index contributed by atoms with van der Waals surface area (Å²) in [6.07, 6.45) is 0. The predicted octanol–water partition coefficient (Wildman–Crippen LogP) is -3.49. The number of hydrogen-bond donors (Lipinski definition) is 0. The van der Waals surface area contributed by atoms with Crippen LogP contribution in [0.1, 0.15) is 1.43 Å². The zero-order valence-electron chi connectivity index (χ0n) is 3.52. The van der Waals surface area contributed by atoms with Crippen LogP contribution in [0.15, 0.2) is 0 Å². The average molecular weight is 185 g/mol. The molecule has 0 heterocycles. The van der Waals surface area contributed by atoms with Crippen molar-refractivity contribution < 1.29 is 40.4 Å². The van der Waals surface area contributed by atoms with E-state index in [0.29, 0.717) is 0 Å². The van der Waals surface area contributed by atoms with Crippen LogP contribution in [-0.2, 0) is 0 Å². The number of halogens is 2. The van der Waals surface area contributed by atoms with Gasteiger partial charge in [-0.25, -0.2) is 0 Å². The summed E-state index contributed by atoms with van der Waals surface area (Å²) in [5.41, 5.74) is 0. The average Bonchev–Trinajstić information content (AvgIpc) is 0. The molecule has 0 bridgehead atoms. The second-order valence-corrected chi connectivity index (χ2v) is 0. The predicted molar refractivity (Wildman–Crippen MR) is 14.7 cm³/mol. The fourth-order valence-corrected chi connectivity index (χ4v) is 0. The van der Waals surface area contributed by atoms with Crippen LogP contribution in [-0.4, -0.2) is 23.9 Å². The molecule has 0 saturated heterocycles. The van der Waals surface area contributed by atoms with Gasteiger partial charge in [0.2, 0.25) is 0 Å². The molecular weight excluding hydrogens is 180 g/mol. The van der Waals surface area contributed by atoms with Crippen molar-refractivity contribution in [1.82, 2.24) is 0 Å². The molecule has 0 spiro atoms. The zero-order chi connectivity index (χ0) is 0. The Bertz CT molecular complexity index is 9.61. The molecule has 0 saturated carbocycles. The van der Waals surface area contributed by atoms with Crippen molar-refractivity contribution in [3.63, 3.8) is 0 Å². The van der Waals surface area contributed by atoms with E-state index in [1.165, 1.54) is 0 Å². The van der Waals surface area contributed by atoms with Gasteiger partial charge in [-0.15, -0.1) is 0 Å². The van der Waals surface area contributed by atoms with E-state index in [0.717, 1.165) is 0 Å². The van der Waals surface area contributed by atoms with Gasteiger partial charge in [0.25, 0.3) is 0 Å². The first-order valence-electron chi connectivity index (χ1n) is 0. The molecule has 0 fully saturated rings. The summed E-state index contributed by atoms with van der Waals surface area (Å²) in [4.78, 5) is 0. The van der Waals surface area contributed by atoms with Gasteiger partial charge in [-0.1, -0.05) is 0 Å². The van der Waals surface area contributed by atoms with Crippen molar-refractivity contribution in [3.05, 3.63) is 0 Å². The number of rotatable bonds is 0. The fourth-order valence-electron chi connectivity index (χ4n) is 0. The van der Waals surface area contributed by atoms with E-state index in [1.54, 1.807) is 0 Å². The van der Waals surface area contributed by atoms with Crippen LogP contribution in [0.2, 0.25) is 0 Å². The normalized spacial score (nSPS) is 0. The van der Waals surface area contributed by atoms with Crippen molar-refractivity contribution >= 4 is 23.9 Å². The molecule has 0 aliphatic rings. The summed E-state index contributed by atoms with van der Waals surface area (Å²) in [5, 5.41) is 0. The summed E-state index contributed by atoms with van der Waals surface area (Å²) >= 11 is 0.